The van der Waals surface area contributed by atoms with Crippen molar-refractivity contribution in [3.8, 4) is 0 Å². The number of aromatic nitrogens is 3. The Bertz CT molecular complexity index is 685. The summed E-state index contributed by atoms with van der Waals surface area (Å²) in [6, 6.07) is 1.14. The molecule has 6 nitrogen and oxygen atoms in total. The minimum atomic E-state index is -3.66. The number of hydrogen-bond acceptors (Lipinski definition) is 6. The third-order valence-corrected chi connectivity index (χ3v) is 4.54. The van der Waals surface area contributed by atoms with Gasteiger partial charge in [-0.25, -0.2) is 14.4 Å². The molecule has 1 N–H and O–H groups in total. The third-order valence-electron chi connectivity index (χ3n) is 3.70. The van der Waals surface area contributed by atoms with E-state index in [-0.39, 0.29) is 19.5 Å². The Morgan fingerprint density at radius 3 is 2.83 bits per heavy atom. The van der Waals surface area contributed by atoms with Crippen LogP contribution in [-0.4, -0.2) is 46.2 Å². The number of nitrogens with zero attached hydrogens (tertiary/aromatic N) is 4. The first-order chi connectivity index (χ1) is 11.5. The van der Waals surface area contributed by atoms with Crippen molar-refractivity contribution in [2.45, 2.75) is 24.6 Å². The first-order valence-electron chi connectivity index (χ1n) is 7.21. The molecule has 3 heterocycles. The fourth-order valence-corrected chi connectivity index (χ4v) is 3.14. The lowest BCUT2D eigenvalue weighted by molar-refractivity contribution is -0.146. The minimum absolute atomic E-state index is 0.0653. The molecule has 2 atom stereocenters. The molecule has 3 rings (SSSR count). The smallest absolute Gasteiger partial charge is 0.348 e. The summed E-state index contributed by atoms with van der Waals surface area (Å²) >= 11 is 0.702. The molecule has 1 saturated heterocycles. The van der Waals surface area contributed by atoms with E-state index in [2.05, 4.69) is 20.3 Å². The number of carbonyl (C=O) groups is 1. The van der Waals surface area contributed by atoms with E-state index < -0.39 is 28.9 Å². The van der Waals surface area contributed by atoms with Gasteiger partial charge >= 0.3 is 5.92 Å². The van der Waals surface area contributed by atoms with E-state index in [1.165, 1.54) is 17.9 Å². The van der Waals surface area contributed by atoms with E-state index in [4.69, 9.17) is 0 Å². The van der Waals surface area contributed by atoms with Gasteiger partial charge < -0.3 is 10.2 Å². The van der Waals surface area contributed by atoms with E-state index in [0.29, 0.717) is 17.3 Å². The van der Waals surface area contributed by atoms with Gasteiger partial charge in [-0.15, -0.1) is 11.3 Å². The standard InChI is InChI=1S/C14H14F3N5OS/c15-9-4-10(22(7-9)13-19-2-1-3-20-13)5-21-12(23)14(16,17)11-6-18-8-24-11/h1-3,6,8-10H,4-5,7H2,(H,21,23)/t9-,10-/m0/s1. The van der Waals surface area contributed by atoms with Crippen LogP contribution in [0.4, 0.5) is 19.1 Å². The van der Waals surface area contributed by atoms with Crippen LogP contribution in [0, 0.1) is 0 Å². The van der Waals surface area contributed by atoms with E-state index >= 15 is 0 Å². The molecule has 0 radical (unpaired) electrons. The lowest BCUT2D eigenvalue weighted by Crippen LogP contribution is -2.45. The van der Waals surface area contributed by atoms with Crippen LogP contribution in [0.2, 0.25) is 0 Å². The van der Waals surface area contributed by atoms with Gasteiger partial charge in [-0.2, -0.15) is 8.78 Å². The molecule has 2 aromatic rings. The molecule has 2 aromatic heterocycles. The van der Waals surface area contributed by atoms with Crippen LogP contribution in [0.25, 0.3) is 0 Å². The van der Waals surface area contributed by atoms with Gasteiger partial charge in [-0.1, -0.05) is 0 Å². The maximum absolute atomic E-state index is 14.0. The maximum Gasteiger partial charge on any atom is 0.360 e. The number of anilines is 1. The Morgan fingerprint density at radius 2 is 2.17 bits per heavy atom. The number of nitrogens with one attached hydrogen (secondary N) is 1. The van der Waals surface area contributed by atoms with E-state index in [0.717, 1.165) is 6.20 Å². The van der Waals surface area contributed by atoms with Crippen molar-refractivity contribution >= 4 is 23.2 Å². The van der Waals surface area contributed by atoms with Crippen molar-refractivity contribution in [2.75, 3.05) is 18.0 Å². The topological polar surface area (TPSA) is 71.0 Å². The lowest BCUT2D eigenvalue weighted by Gasteiger charge is -2.25. The summed E-state index contributed by atoms with van der Waals surface area (Å²) < 4.78 is 41.7. The second-order valence-electron chi connectivity index (χ2n) is 5.34. The first-order valence-corrected chi connectivity index (χ1v) is 8.09. The van der Waals surface area contributed by atoms with E-state index in [1.54, 1.807) is 11.0 Å². The van der Waals surface area contributed by atoms with Gasteiger partial charge in [-0.3, -0.25) is 9.78 Å². The highest BCUT2D eigenvalue weighted by Gasteiger charge is 2.43. The van der Waals surface area contributed by atoms with Crippen LogP contribution in [0.1, 0.15) is 11.3 Å². The normalized spacial score (nSPS) is 21.0. The average molecular weight is 357 g/mol. The molecule has 1 fully saturated rings. The quantitative estimate of drug-likeness (QED) is 0.883. The molecule has 1 aliphatic heterocycles. The highest BCUT2D eigenvalue weighted by atomic mass is 32.1. The number of halogens is 3. The third kappa shape index (κ3) is 3.32. The second-order valence-corrected chi connectivity index (χ2v) is 6.22. The highest BCUT2D eigenvalue weighted by molar-refractivity contribution is 7.09. The van der Waals surface area contributed by atoms with Crippen LogP contribution in [0.15, 0.2) is 30.2 Å². The summed E-state index contributed by atoms with van der Waals surface area (Å²) in [5, 5.41) is 2.20. The predicted octanol–water partition coefficient (Wildman–Crippen LogP) is 1.76. The monoisotopic (exact) mass is 357 g/mol. The molecule has 128 valence electrons. The zero-order valence-electron chi connectivity index (χ0n) is 12.4. The minimum Gasteiger partial charge on any atom is -0.348 e. The van der Waals surface area contributed by atoms with Gasteiger partial charge in [0.25, 0.3) is 5.91 Å². The van der Waals surface area contributed by atoms with Gasteiger partial charge in [0.1, 0.15) is 11.0 Å². The summed E-state index contributed by atoms with van der Waals surface area (Å²) in [6.45, 7) is -0.0539. The molecule has 1 aliphatic rings. The van der Waals surface area contributed by atoms with Crippen molar-refractivity contribution in [2.24, 2.45) is 0 Å². The summed E-state index contributed by atoms with van der Waals surface area (Å²) in [7, 11) is 0. The van der Waals surface area contributed by atoms with Crippen LogP contribution < -0.4 is 10.2 Å². The second kappa shape index (κ2) is 6.71. The van der Waals surface area contributed by atoms with Crippen molar-refractivity contribution in [3.05, 3.63) is 35.0 Å². The first kappa shape index (κ1) is 16.6. The SMILES string of the molecule is O=C(NC[C@@H]1C[C@H](F)CN1c1ncccn1)C(F)(F)c1cncs1. The van der Waals surface area contributed by atoms with Gasteiger partial charge in [0.05, 0.1) is 18.1 Å². The molecule has 0 bridgehead atoms. The number of carbonyl (C=O) groups excluding carboxylic acids is 1. The van der Waals surface area contributed by atoms with Crippen LogP contribution in [-0.2, 0) is 10.7 Å². The molecular formula is C14H14F3N5OS. The zero-order valence-corrected chi connectivity index (χ0v) is 13.2. The molecular weight excluding hydrogens is 343 g/mol. The largest absolute Gasteiger partial charge is 0.360 e. The lowest BCUT2D eigenvalue weighted by atomic mass is 10.2. The summed E-state index contributed by atoms with van der Waals surface area (Å²) in [5.41, 5.74) is 1.23. The van der Waals surface area contributed by atoms with Gasteiger partial charge in [0.2, 0.25) is 5.95 Å². The van der Waals surface area contributed by atoms with Gasteiger partial charge in [0.15, 0.2) is 0 Å². The molecule has 24 heavy (non-hydrogen) atoms. The molecule has 0 unspecified atom stereocenters. The van der Waals surface area contributed by atoms with E-state index in [1.807, 2.05) is 0 Å². The fraction of sp³-hybridized carbons (Fsp3) is 0.429. The van der Waals surface area contributed by atoms with Crippen molar-refractivity contribution in [1.82, 2.24) is 20.3 Å². The number of rotatable bonds is 5. The zero-order chi connectivity index (χ0) is 17.2. The summed E-state index contributed by atoms with van der Waals surface area (Å²) in [5.74, 6) is -4.78. The molecule has 10 heteroatoms. The summed E-state index contributed by atoms with van der Waals surface area (Å²) in [4.78, 5) is 24.6. The van der Waals surface area contributed by atoms with Crippen LogP contribution in [0.5, 0.6) is 0 Å². The maximum atomic E-state index is 14.0. The Hall–Kier alpha value is -2.23. The molecule has 1 amide bonds. The average Bonchev–Trinajstić information content (AvgIpc) is 3.23. The molecule has 0 saturated carbocycles. The summed E-state index contributed by atoms with van der Waals surface area (Å²) in [6.07, 6.45) is 2.98. The molecule has 0 aliphatic carbocycles. The Kier molecular flexibility index (Phi) is 4.65. The number of hydrogen-bond donors (Lipinski definition) is 1. The van der Waals surface area contributed by atoms with Crippen LogP contribution in [0.3, 0.4) is 0 Å². The predicted molar refractivity (Wildman–Crippen MR) is 81.7 cm³/mol. The van der Waals surface area contributed by atoms with Crippen molar-refractivity contribution in [3.63, 3.8) is 0 Å². The molecule has 0 aromatic carbocycles. The Labute approximate surface area is 139 Å². The van der Waals surface area contributed by atoms with Crippen LogP contribution >= 0.6 is 11.3 Å². The van der Waals surface area contributed by atoms with E-state index in [9.17, 15) is 18.0 Å². The number of alkyl halides is 3. The highest BCUT2D eigenvalue weighted by Crippen LogP contribution is 2.31. The van der Waals surface area contributed by atoms with Crippen molar-refractivity contribution in [1.29, 1.82) is 0 Å². The number of thiazole rings is 1. The Morgan fingerprint density at radius 1 is 1.42 bits per heavy atom. The van der Waals surface area contributed by atoms with Crippen molar-refractivity contribution < 1.29 is 18.0 Å². The van der Waals surface area contributed by atoms with Gasteiger partial charge in [0, 0.05) is 31.6 Å². The van der Waals surface area contributed by atoms with Gasteiger partial charge in [-0.05, 0) is 6.07 Å². The number of amides is 1. The fourth-order valence-electron chi connectivity index (χ4n) is 2.54. The molecule has 0 spiro atoms. The Balaban J connectivity index is 1.66.